The molecule has 8 N–H and O–H groups in total. The summed E-state index contributed by atoms with van der Waals surface area (Å²) < 4.78 is 0. The number of rotatable bonds is 2. The molecule has 0 fully saturated rings. The van der Waals surface area contributed by atoms with Crippen LogP contribution in [0.3, 0.4) is 0 Å². The van der Waals surface area contributed by atoms with Crippen molar-refractivity contribution in [3.8, 4) is 0 Å². The predicted molar refractivity (Wildman–Crippen MR) is 87.6 cm³/mol. The Bertz CT molecular complexity index is 536. The Kier molecular flexibility index (Phi) is 3.54. The molecule has 0 bridgehead atoms. The van der Waals surface area contributed by atoms with Crippen molar-refractivity contribution in [2.24, 2.45) is 0 Å². The summed E-state index contributed by atoms with van der Waals surface area (Å²) in [6, 6.07) is 7.44. The first-order chi connectivity index (χ1) is 8.88. The lowest BCUT2D eigenvalue weighted by Gasteiger charge is -2.15. The summed E-state index contributed by atoms with van der Waals surface area (Å²) in [5.74, 6) is 0. The average molecular weight is 274 g/mol. The highest BCUT2D eigenvalue weighted by Crippen LogP contribution is 2.26. The standard InChI is InChI=1S/C14H19N4P/c1-7-3-9(15)5-11(17)13(7)19-14-8(2)4-10(16)6-12(14)18/h3-6,19H,15-18H2,1-2H3. The van der Waals surface area contributed by atoms with E-state index in [-0.39, 0.29) is 0 Å². The van der Waals surface area contributed by atoms with Crippen LogP contribution in [0.1, 0.15) is 11.1 Å². The Morgan fingerprint density at radius 2 is 1.05 bits per heavy atom. The molecular weight excluding hydrogens is 255 g/mol. The number of hydrogen-bond acceptors (Lipinski definition) is 4. The van der Waals surface area contributed by atoms with E-state index in [1.54, 1.807) is 12.1 Å². The number of nitrogens with two attached hydrogens (primary N) is 4. The normalized spacial score (nSPS) is 10.6. The molecule has 0 saturated carbocycles. The first-order valence-electron chi connectivity index (χ1n) is 5.96. The van der Waals surface area contributed by atoms with E-state index in [4.69, 9.17) is 22.9 Å². The Morgan fingerprint density at radius 1 is 0.684 bits per heavy atom. The van der Waals surface area contributed by atoms with E-state index >= 15 is 0 Å². The first kappa shape index (κ1) is 13.5. The molecule has 2 aromatic carbocycles. The molecule has 4 nitrogen and oxygen atoms in total. The smallest absolute Gasteiger partial charge is 0.0416 e. The van der Waals surface area contributed by atoms with Gasteiger partial charge in [-0.2, -0.15) is 0 Å². The van der Waals surface area contributed by atoms with Crippen LogP contribution in [0.15, 0.2) is 24.3 Å². The number of anilines is 4. The fourth-order valence-electron chi connectivity index (χ4n) is 2.15. The molecule has 0 spiro atoms. The molecule has 5 heteroatoms. The molecule has 2 aromatic rings. The molecular formula is C14H19N4P. The molecule has 0 amide bonds. The van der Waals surface area contributed by atoms with Crippen LogP contribution >= 0.6 is 8.58 Å². The summed E-state index contributed by atoms with van der Waals surface area (Å²) in [4.78, 5) is 0. The van der Waals surface area contributed by atoms with Crippen LogP contribution < -0.4 is 33.5 Å². The summed E-state index contributed by atoms with van der Waals surface area (Å²) in [6.07, 6.45) is 0. The molecule has 0 unspecified atom stereocenters. The summed E-state index contributed by atoms with van der Waals surface area (Å²) in [6.45, 7) is 4.02. The minimum absolute atomic E-state index is 0.404. The van der Waals surface area contributed by atoms with E-state index in [1.807, 2.05) is 26.0 Å². The van der Waals surface area contributed by atoms with Gasteiger partial charge in [0.05, 0.1) is 0 Å². The number of aryl methyl sites for hydroxylation is 2. The van der Waals surface area contributed by atoms with E-state index in [2.05, 4.69) is 0 Å². The van der Waals surface area contributed by atoms with Gasteiger partial charge in [0.25, 0.3) is 0 Å². The summed E-state index contributed by atoms with van der Waals surface area (Å²) in [7, 11) is 0.404. The molecule has 0 aromatic heterocycles. The predicted octanol–water partition coefficient (Wildman–Crippen LogP) is 1.26. The fraction of sp³-hybridized carbons (Fsp3) is 0.143. The molecule has 0 atom stereocenters. The highest BCUT2D eigenvalue weighted by atomic mass is 31.1. The third-order valence-corrected chi connectivity index (χ3v) is 4.89. The van der Waals surface area contributed by atoms with Crippen LogP contribution in [0.2, 0.25) is 0 Å². The molecule has 2 rings (SSSR count). The molecule has 0 aliphatic rings. The van der Waals surface area contributed by atoms with Gasteiger partial charge in [0.15, 0.2) is 0 Å². The van der Waals surface area contributed by atoms with Crippen LogP contribution in [-0.4, -0.2) is 0 Å². The van der Waals surface area contributed by atoms with E-state index in [9.17, 15) is 0 Å². The molecule has 0 aliphatic heterocycles. The fourth-order valence-corrected chi connectivity index (χ4v) is 3.37. The summed E-state index contributed by atoms with van der Waals surface area (Å²) >= 11 is 0. The van der Waals surface area contributed by atoms with Crippen molar-refractivity contribution in [2.75, 3.05) is 22.9 Å². The van der Waals surface area contributed by atoms with Crippen LogP contribution in [-0.2, 0) is 0 Å². The maximum Gasteiger partial charge on any atom is 0.0416 e. The van der Waals surface area contributed by atoms with Crippen molar-refractivity contribution in [3.05, 3.63) is 35.4 Å². The Balaban J connectivity index is 2.48. The molecule has 0 radical (unpaired) electrons. The molecule has 0 saturated heterocycles. The van der Waals surface area contributed by atoms with E-state index in [0.717, 1.165) is 21.7 Å². The Morgan fingerprint density at radius 3 is 1.37 bits per heavy atom. The second-order valence-electron chi connectivity index (χ2n) is 4.73. The lowest BCUT2D eigenvalue weighted by atomic mass is 10.2. The van der Waals surface area contributed by atoms with Crippen LogP contribution in [0.25, 0.3) is 0 Å². The monoisotopic (exact) mass is 274 g/mol. The number of benzene rings is 2. The van der Waals surface area contributed by atoms with Gasteiger partial charge in [-0.1, -0.05) is 8.58 Å². The molecule has 100 valence electrons. The second-order valence-corrected chi connectivity index (χ2v) is 5.98. The zero-order chi connectivity index (χ0) is 14.2. The highest BCUT2D eigenvalue weighted by Gasteiger charge is 2.11. The first-order valence-corrected chi connectivity index (χ1v) is 6.96. The Labute approximate surface area is 114 Å². The lowest BCUT2D eigenvalue weighted by Crippen LogP contribution is -2.17. The minimum atomic E-state index is 0.404. The van der Waals surface area contributed by atoms with Gasteiger partial charge in [-0.25, -0.2) is 0 Å². The van der Waals surface area contributed by atoms with Crippen molar-refractivity contribution in [2.45, 2.75) is 13.8 Å². The van der Waals surface area contributed by atoms with Gasteiger partial charge >= 0.3 is 0 Å². The topological polar surface area (TPSA) is 104 Å². The summed E-state index contributed by atoms with van der Waals surface area (Å²) in [5.41, 5.74) is 28.7. The quantitative estimate of drug-likeness (QED) is 0.489. The highest BCUT2D eigenvalue weighted by molar-refractivity contribution is 7.56. The van der Waals surface area contributed by atoms with Crippen LogP contribution in [0.5, 0.6) is 0 Å². The minimum Gasteiger partial charge on any atom is -0.399 e. The number of hydrogen-bond donors (Lipinski definition) is 4. The van der Waals surface area contributed by atoms with Gasteiger partial charge in [-0.15, -0.1) is 0 Å². The van der Waals surface area contributed by atoms with Crippen LogP contribution in [0, 0.1) is 13.8 Å². The zero-order valence-electron chi connectivity index (χ0n) is 11.1. The van der Waals surface area contributed by atoms with Crippen molar-refractivity contribution in [1.82, 2.24) is 0 Å². The largest absolute Gasteiger partial charge is 0.399 e. The van der Waals surface area contributed by atoms with Crippen molar-refractivity contribution >= 4 is 41.9 Å². The molecule has 19 heavy (non-hydrogen) atoms. The SMILES string of the molecule is Cc1cc(N)cc(N)c1Pc1c(C)cc(N)cc1N. The van der Waals surface area contributed by atoms with E-state index in [0.29, 0.717) is 31.3 Å². The van der Waals surface area contributed by atoms with E-state index in [1.165, 1.54) is 0 Å². The summed E-state index contributed by atoms with van der Waals surface area (Å²) in [5, 5.41) is 2.18. The lowest BCUT2D eigenvalue weighted by molar-refractivity contribution is 1.50. The maximum absolute atomic E-state index is 6.06. The van der Waals surface area contributed by atoms with Gasteiger partial charge in [0.2, 0.25) is 0 Å². The van der Waals surface area contributed by atoms with Crippen LogP contribution in [0.4, 0.5) is 22.7 Å². The number of nitrogen functional groups attached to an aromatic ring is 4. The van der Waals surface area contributed by atoms with Gasteiger partial charge < -0.3 is 22.9 Å². The van der Waals surface area contributed by atoms with Crippen molar-refractivity contribution < 1.29 is 0 Å². The second kappa shape index (κ2) is 4.98. The van der Waals surface area contributed by atoms with Crippen molar-refractivity contribution in [3.63, 3.8) is 0 Å². The van der Waals surface area contributed by atoms with E-state index < -0.39 is 0 Å². The molecule has 0 aliphatic carbocycles. The Hall–Kier alpha value is -1.93. The van der Waals surface area contributed by atoms with Gasteiger partial charge in [-0.3, -0.25) is 0 Å². The zero-order valence-corrected chi connectivity index (χ0v) is 12.1. The average Bonchev–Trinajstić information content (AvgIpc) is 2.25. The van der Waals surface area contributed by atoms with Gasteiger partial charge in [0.1, 0.15) is 0 Å². The van der Waals surface area contributed by atoms with Gasteiger partial charge in [-0.05, 0) is 49.2 Å². The third kappa shape index (κ3) is 2.74. The molecule has 0 heterocycles. The van der Waals surface area contributed by atoms with Crippen molar-refractivity contribution in [1.29, 1.82) is 0 Å². The third-order valence-electron chi connectivity index (χ3n) is 3.03. The van der Waals surface area contributed by atoms with Gasteiger partial charge in [0, 0.05) is 33.4 Å². The maximum atomic E-state index is 6.06.